The van der Waals surface area contributed by atoms with Crippen LogP contribution in [0.4, 0.5) is 0 Å². The molecule has 1 aromatic carbocycles. The molecule has 136 valence electrons. The lowest BCUT2D eigenvalue weighted by Gasteiger charge is -2.17. The van der Waals surface area contributed by atoms with Crippen LogP contribution in [0, 0.1) is 0 Å². The third-order valence-electron chi connectivity index (χ3n) is 3.56. The second kappa shape index (κ2) is 10.1. The van der Waals surface area contributed by atoms with Crippen LogP contribution in [-0.2, 0) is 17.6 Å². The summed E-state index contributed by atoms with van der Waals surface area (Å²) < 4.78 is 5.52. The Labute approximate surface area is 151 Å². The Balaban J connectivity index is 1.66. The lowest BCUT2D eigenvalue weighted by molar-refractivity contribution is -0.136. The molecular weight excluding hydrogens is 340 g/mol. The molecule has 2 rings (SSSR count). The highest BCUT2D eigenvalue weighted by Gasteiger charge is 2.11. The van der Waals surface area contributed by atoms with E-state index in [0.717, 1.165) is 22.1 Å². The third-order valence-corrected chi connectivity index (χ3v) is 4.63. The Morgan fingerprint density at radius 3 is 2.84 bits per heavy atom. The molecular formula is C18H24N2O4S. The molecule has 0 saturated heterocycles. The summed E-state index contributed by atoms with van der Waals surface area (Å²) in [6.45, 7) is 2.70. The third kappa shape index (κ3) is 7.64. The van der Waals surface area contributed by atoms with E-state index in [4.69, 9.17) is 9.84 Å². The van der Waals surface area contributed by atoms with Crippen molar-refractivity contribution in [2.45, 2.75) is 38.3 Å². The Morgan fingerprint density at radius 1 is 1.36 bits per heavy atom. The fraction of sp³-hybridized carbons (Fsp3) is 0.444. The molecule has 0 spiro atoms. The Morgan fingerprint density at radius 2 is 2.12 bits per heavy atom. The Hall–Kier alpha value is -1.96. The quantitative estimate of drug-likeness (QED) is 0.566. The number of aliphatic hydroxyl groups excluding tert-OH is 1. The van der Waals surface area contributed by atoms with E-state index in [-0.39, 0.29) is 19.1 Å². The molecule has 0 aliphatic rings. The maximum Gasteiger partial charge on any atom is 0.303 e. The van der Waals surface area contributed by atoms with Gasteiger partial charge in [-0.05, 0) is 25.5 Å². The van der Waals surface area contributed by atoms with Gasteiger partial charge in [-0.2, -0.15) is 0 Å². The molecule has 0 saturated carbocycles. The highest BCUT2D eigenvalue weighted by atomic mass is 32.1. The molecule has 1 heterocycles. The number of carboxylic acid groups (broad SMARTS) is 1. The fourth-order valence-electron chi connectivity index (χ4n) is 2.23. The largest absolute Gasteiger partial charge is 0.491 e. The zero-order valence-electron chi connectivity index (χ0n) is 14.2. The molecule has 25 heavy (non-hydrogen) atoms. The topological polar surface area (TPSA) is 91.7 Å². The second-order valence-corrected chi connectivity index (χ2v) is 7.11. The first-order valence-corrected chi connectivity index (χ1v) is 9.09. The van der Waals surface area contributed by atoms with Crippen molar-refractivity contribution in [1.29, 1.82) is 0 Å². The minimum atomic E-state index is -0.795. The highest BCUT2D eigenvalue weighted by Crippen LogP contribution is 2.16. The number of nitrogens with zero attached hydrogens (tertiary/aromatic N) is 1. The van der Waals surface area contributed by atoms with Crippen molar-refractivity contribution in [2.24, 2.45) is 0 Å². The molecule has 0 aliphatic heterocycles. The minimum absolute atomic E-state index is 0.128. The van der Waals surface area contributed by atoms with Crippen LogP contribution >= 0.6 is 11.3 Å². The minimum Gasteiger partial charge on any atom is -0.491 e. The van der Waals surface area contributed by atoms with E-state index in [1.807, 2.05) is 37.3 Å². The molecule has 7 heteroatoms. The van der Waals surface area contributed by atoms with E-state index in [0.29, 0.717) is 13.0 Å². The molecule has 0 fully saturated rings. The van der Waals surface area contributed by atoms with E-state index in [9.17, 15) is 9.90 Å². The Kier molecular flexibility index (Phi) is 7.84. The molecule has 2 atom stereocenters. The van der Waals surface area contributed by atoms with E-state index in [2.05, 4.69) is 10.3 Å². The molecule has 0 bridgehead atoms. The molecule has 0 unspecified atom stereocenters. The van der Waals surface area contributed by atoms with Gasteiger partial charge in [-0.1, -0.05) is 18.2 Å². The number of ether oxygens (including phenoxy) is 1. The number of aliphatic carboxylic acids is 1. The molecule has 0 radical (unpaired) electrons. The van der Waals surface area contributed by atoms with Gasteiger partial charge in [0.2, 0.25) is 0 Å². The van der Waals surface area contributed by atoms with Crippen molar-refractivity contribution in [3.05, 3.63) is 46.4 Å². The molecule has 2 aromatic rings. The van der Waals surface area contributed by atoms with Gasteiger partial charge < -0.3 is 20.3 Å². The van der Waals surface area contributed by atoms with Crippen LogP contribution in [0.5, 0.6) is 5.75 Å². The molecule has 0 aliphatic carbocycles. The normalized spacial score (nSPS) is 13.4. The van der Waals surface area contributed by atoms with Gasteiger partial charge in [0.15, 0.2) is 0 Å². The van der Waals surface area contributed by atoms with Gasteiger partial charge in [-0.3, -0.25) is 4.79 Å². The van der Waals surface area contributed by atoms with Crippen LogP contribution in [0.2, 0.25) is 0 Å². The van der Waals surface area contributed by atoms with E-state index in [1.165, 1.54) is 0 Å². The number of carbonyl (C=O) groups is 1. The van der Waals surface area contributed by atoms with Crippen molar-refractivity contribution in [3.8, 4) is 5.75 Å². The first-order valence-electron chi connectivity index (χ1n) is 8.27. The number of nitrogens with one attached hydrogen (secondary N) is 1. The highest BCUT2D eigenvalue weighted by molar-refractivity contribution is 7.11. The maximum atomic E-state index is 10.6. The summed E-state index contributed by atoms with van der Waals surface area (Å²) in [4.78, 5) is 15.9. The number of thiazole rings is 1. The summed E-state index contributed by atoms with van der Waals surface area (Å²) in [5.41, 5.74) is 0. The number of aliphatic hydroxyl groups is 1. The monoisotopic (exact) mass is 364 g/mol. The van der Waals surface area contributed by atoms with Gasteiger partial charge in [0.1, 0.15) is 18.5 Å². The number of aromatic nitrogens is 1. The number of aryl methyl sites for hydroxylation is 1. The number of hydrogen-bond donors (Lipinski definition) is 3. The predicted octanol–water partition coefficient (Wildman–Crippen LogP) is 2.12. The van der Waals surface area contributed by atoms with Gasteiger partial charge in [-0.25, -0.2) is 4.98 Å². The lowest BCUT2D eigenvalue weighted by Crippen LogP contribution is -2.37. The van der Waals surface area contributed by atoms with Crippen molar-refractivity contribution in [1.82, 2.24) is 10.3 Å². The van der Waals surface area contributed by atoms with Crippen LogP contribution in [-0.4, -0.2) is 46.5 Å². The van der Waals surface area contributed by atoms with Crippen molar-refractivity contribution in [2.75, 3.05) is 13.2 Å². The van der Waals surface area contributed by atoms with E-state index >= 15 is 0 Å². The standard InChI is InChI=1S/C18H24N2O4S/c1-13(9-17-20-11-16(25-17)7-8-18(22)23)19-10-14(21)12-24-15-5-3-2-4-6-15/h2-6,11,13-14,19,21H,7-10,12H2,1H3,(H,22,23)/t13-,14+/m1/s1. The van der Waals surface area contributed by atoms with Crippen LogP contribution in [0.1, 0.15) is 23.2 Å². The molecule has 3 N–H and O–H groups in total. The molecule has 0 amide bonds. The first-order chi connectivity index (χ1) is 12.0. The van der Waals surface area contributed by atoms with Gasteiger partial charge in [0.25, 0.3) is 0 Å². The van der Waals surface area contributed by atoms with Gasteiger partial charge >= 0.3 is 5.97 Å². The second-order valence-electron chi connectivity index (χ2n) is 5.91. The predicted molar refractivity (Wildman–Crippen MR) is 97.2 cm³/mol. The van der Waals surface area contributed by atoms with E-state index < -0.39 is 12.1 Å². The number of rotatable bonds is 11. The number of carboxylic acids is 1. The van der Waals surface area contributed by atoms with Crippen LogP contribution in [0.15, 0.2) is 36.5 Å². The van der Waals surface area contributed by atoms with Gasteiger partial charge in [-0.15, -0.1) is 11.3 Å². The number of benzene rings is 1. The van der Waals surface area contributed by atoms with Gasteiger partial charge in [0, 0.05) is 30.1 Å². The zero-order chi connectivity index (χ0) is 18.1. The summed E-state index contributed by atoms with van der Waals surface area (Å²) in [7, 11) is 0. The maximum absolute atomic E-state index is 10.6. The van der Waals surface area contributed by atoms with Crippen LogP contribution in [0.3, 0.4) is 0 Å². The van der Waals surface area contributed by atoms with Crippen LogP contribution < -0.4 is 10.1 Å². The smallest absolute Gasteiger partial charge is 0.303 e. The zero-order valence-corrected chi connectivity index (χ0v) is 15.0. The summed E-state index contributed by atoms with van der Waals surface area (Å²) >= 11 is 1.54. The van der Waals surface area contributed by atoms with Crippen molar-refractivity contribution >= 4 is 17.3 Å². The molecule has 1 aromatic heterocycles. The summed E-state index contributed by atoms with van der Waals surface area (Å²) in [5.74, 6) is -0.0528. The van der Waals surface area contributed by atoms with Crippen molar-refractivity contribution < 1.29 is 19.7 Å². The average molecular weight is 364 g/mol. The first kappa shape index (κ1) is 19.4. The summed E-state index contributed by atoms with van der Waals surface area (Å²) in [5, 5.41) is 22.9. The molecule has 6 nitrogen and oxygen atoms in total. The Bertz CT molecular complexity index is 648. The summed E-state index contributed by atoms with van der Waals surface area (Å²) in [6.07, 6.45) is 2.54. The average Bonchev–Trinajstić information content (AvgIpc) is 3.04. The number of hydrogen-bond acceptors (Lipinski definition) is 6. The van der Waals surface area contributed by atoms with Crippen molar-refractivity contribution in [3.63, 3.8) is 0 Å². The van der Waals surface area contributed by atoms with E-state index in [1.54, 1.807) is 17.5 Å². The SMILES string of the molecule is C[C@H](Cc1ncc(CCC(=O)O)s1)NC[C@H](O)COc1ccccc1. The number of para-hydroxylation sites is 1. The summed E-state index contributed by atoms with van der Waals surface area (Å²) in [6, 6.07) is 9.56. The van der Waals surface area contributed by atoms with Crippen LogP contribution in [0.25, 0.3) is 0 Å². The lowest BCUT2D eigenvalue weighted by atomic mass is 10.2. The fourth-order valence-corrected chi connectivity index (χ4v) is 3.28. The van der Waals surface area contributed by atoms with Gasteiger partial charge in [0.05, 0.1) is 11.4 Å².